The number of halogens is 4. The summed E-state index contributed by atoms with van der Waals surface area (Å²) in [6, 6.07) is 8.64. The third-order valence-corrected chi connectivity index (χ3v) is 4.94. The van der Waals surface area contributed by atoms with Gasteiger partial charge in [0.1, 0.15) is 11.6 Å². The number of carbonyl (C=O) groups excluding carboxylic acids is 1. The molecule has 184 valence electrons. The third kappa shape index (κ3) is 5.49. The van der Waals surface area contributed by atoms with E-state index in [4.69, 9.17) is 0 Å². The Balaban J connectivity index is 1.81. The maximum absolute atomic E-state index is 14.7. The SMILES string of the molecule is C=CC(=O)Nc1ccc(F)c(Nc2nc(Nc3cnn(C)c3)ncc2-c2ccccc2C(F)(F)F)c1. The van der Waals surface area contributed by atoms with E-state index in [1.807, 2.05) is 0 Å². The van der Waals surface area contributed by atoms with Gasteiger partial charge in [0.15, 0.2) is 0 Å². The second-order valence-corrected chi connectivity index (χ2v) is 7.54. The quantitative estimate of drug-likeness (QED) is 0.226. The predicted octanol–water partition coefficient (Wildman–Crippen LogP) is 5.65. The van der Waals surface area contributed by atoms with Crippen LogP contribution in [0, 0.1) is 5.82 Å². The first kappa shape index (κ1) is 24.4. The Bertz CT molecular complexity index is 1430. The lowest BCUT2D eigenvalue weighted by Crippen LogP contribution is -2.10. The molecule has 0 fully saturated rings. The van der Waals surface area contributed by atoms with Crippen LogP contribution in [0.4, 0.5) is 46.4 Å². The summed E-state index contributed by atoms with van der Waals surface area (Å²) in [6.45, 7) is 3.36. The summed E-state index contributed by atoms with van der Waals surface area (Å²) >= 11 is 0. The van der Waals surface area contributed by atoms with Gasteiger partial charge in [-0.1, -0.05) is 24.8 Å². The Hall–Kier alpha value is -4.74. The zero-order valence-corrected chi connectivity index (χ0v) is 18.8. The number of nitrogens with zero attached hydrogens (tertiary/aromatic N) is 4. The molecule has 0 atom stereocenters. The monoisotopic (exact) mass is 497 g/mol. The molecule has 0 bridgehead atoms. The van der Waals surface area contributed by atoms with Gasteiger partial charge in [-0.25, -0.2) is 9.37 Å². The topological polar surface area (TPSA) is 96.8 Å². The minimum Gasteiger partial charge on any atom is -0.337 e. The van der Waals surface area contributed by atoms with Crippen molar-refractivity contribution in [3.05, 3.63) is 85.1 Å². The van der Waals surface area contributed by atoms with Gasteiger partial charge in [-0.3, -0.25) is 9.48 Å². The van der Waals surface area contributed by atoms with Crippen LogP contribution in [0.2, 0.25) is 0 Å². The van der Waals surface area contributed by atoms with Crippen molar-refractivity contribution in [1.29, 1.82) is 0 Å². The number of amides is 1. The average molecular weight is 497 g/mol. The molecule has 1 amide bonds. The van der Waals surface area contributed by atoms with Crippen molar-refractivity contribution in [2.24, 2.45) is 7.05 Å². The van der Waals surface area contributed by atoms with Gasteiger partial charge >= 0.3 is 6.18 Å². The van der Waals surface area contributed by atoms with Crippen molar-refractivity contribution < 1.29 is 22.4 Å². The van der Waals surface area contributed by atoms with Gasteiger partial charge in [0.25, 0.3) is 0 Å². The molecule has 2 heterocycles. The Labute approximate surface area is 202 Å². The van der Waals surface area contributed by atoms with E-state index in [0.717, 1.165) is 18.2 Å². The van der Waals surface area contributed by atoms with Gasteiger partial charge in [0, 0.05) is 30.7 Å². The number of aryl methyl sites for hydroxylation is 1. The molecule has 3 N–H and O–H groups in total. The van der Waals surface area contributed by atoms with Crippen LogP contribution in [0.5, 0.6) is 0 Å². The van der Waals surface area contributed by atoms with Crippen molar-refractivity contribution in [3.8, 4) is 11.1 Å². The van der Waals surface area contributed by atoms with Gasteiger partial charge in [-0.15, -0.1) is 0 Å². The summed E-state index contributed by atoms with van der Waals surface area (Å²) in [4.78, 5) is 20.1. The van der Waals surface area contributed by atoms with Gasteiger partial charge < -0.3 is 16.0 Å². The number of hydrogen-bond acceptors (Lipinski definition) is 6. The van der Waals surface area contributed by atoms with Crippen molar-refractivity contribution in [2.45, 2.75) is 6.18 Å². The number of benzene rings is 2. The van der Waals surface area contributed by atoms with Crippen molar-refractivity contribution >= 4 is 34.7 Å². The molecule has 0 unspecified atom stereocenters. The summed E-state index contributed by atoms with van der Waals surface area (Å²) in [5.41, 5.74) is -0.474. The molecule has 0 aliphatic heterocycles. The second-order valence-electron chi connectivity index (χ2n) is 7.54. The molecule has 4 aromatic rings. The smallest absolute Gasteiger partial charge is 0.337 e. The molecule has 36 heavy (non-hydrogen) atoms. The number of anilines is 5. The highest BCUT2D eigenvalue weighted by molar-refractivity contribution is 5.99. The lowest BCUT2D eigenvalue weighted by molar-refractivity contribution is -0.137. The molecule has 0 aliphatic rings. The first-order chi connectivity index (χ1) is 17.1. The van der Waals surface area contributed by atoms with Crippen molar-refractivity contribution in [2.75, 3.05) is 16.0 Å². The Kier molecular flexibility index (Phi) is 6.68. The van der Waals surface area contributed by atoms with E-state index in [-0.39, 0.29) is 34.3 Å². The minimum atomic E-state index is -4.65. The number of aromatic nitrogens is 4. The molecule has 2 aromatic heterocycles. The van der Waals surface area contributed by atoms with Crippen LogP contribution in [0.15, 0.2) is 73.7 Å². The van der Waals surface area contributed by atoms with Crippen LogP contribution in [0.1, 0.15) is 5.56 Å². The average Bonchev–Trinajstić information content (AvgIpc) is 3.25. The van der Waals surface area contributed by atoms with Gasteiger partial charge in [-0.05, 0) is 35.9 Å². The predicted molar refractivity (Wildman–Crippen MR) is 127 cm³/mol. The van der Waals surface area contributed by atoms with E-state index in [9.17, 15) is 22.4 Å². The number of carbonyl (C=O) groups is 1. The maximum Gasteiger partial charge on any atom is 0.417 e. The van der Waals surface area contributed by atoms with E-state index in [2.05, 4.69) is 37.6 Å². The summed E-state index contributed by atoms with van der Waals surface area (Å²) < 4.78 is 57.4. The van der Waals surface area contributed by atoms with Crippen LogP contribution in [0.3, 0.4) is 0 Å². The zero-order chi connectivity index (χ0) is 25.9. The van der Waals surface area contributed by atoms with E-state index < -0.39 is 23.5 Å². The summed E-state index contributed by atoms with van der Waals surface area (Å²) in [6.07, 6.45) is 0.757. The fraction of sp³-hybridized carbons (Fsp3) is 0.0833. The van der Waals surface area contributed by atoms with Crippen LogP contribution in [-0.2, 0) is 18.0 Å². The fourth-order valence-corrected chi connectivity index (χ4v) is 3.33. The highest BCUT2D eigenvalue weighted by Gasteiger charge is 2.34. The standard InChI is InChI=1S/C24H19F4N7O/c1-3-21(36)31-14-8-9-19(25)20(10-14)33-22-17(16-6-4-5-7-18(16)24(26,27)28)12-29-23(34-22)32-15-11-30-35(2)13-15/h3-13H,1H2,2H3,(H,31,36)(H2,29,32,33,34). The lowest BCUT2D eigenvalue weighted by Gasteiger charge is -2.17. The molecule has 4 rings (SSSR count). The summed E-state index contributed by atoms with van der Waals surface area (Å²) in [5.74, 6) is -1.30. The highest BCUT2D eigenvalue weighted by Crippen LogP contribution is 2.40. The van der Waals surface area contributed by atoms with Gasteiger partial charge in [-0.2, -0.15) is 23.3 Å². The zero-order valence-electron chi connectivity index (χ0n) is 18.8. The Morgan fingerprint density at radius 2 is 1.83 bits per heavy atom. The molecule has 0 aliphatic carbocycles. The van der Waals surface area contributed by atoms with Crippen LogP contribution < -0.4 is 16.0 Å². The summed E-state index contributed by atoms with van der Waals surface area (Å²) in [5, 5.41) is 12.2. The van der Waals surface area contributed by atoms with E-state index in [0.29, 0.717) is 5.69 Å². The fourth-order valence-electron chi connectivity index (χ4n) is 3.33. The van der Waals surface area contributed by atoms with Gasteiger partial charge in [0.05, 0.1) is 23.1 Å². The van der Waals surface area contributed by atoms with Crippen LogP contribution >= 0.6 is 0 Å². The Morgan fingerprint density at radius 1 is 1.06 bits per heavy atom. The lowest BCUT2D eigenvalue weighted by atomic mass is 10.0. The molecule has 8 nitrogen and oxygen atoms in total. The van der Waals surface area contributed by atoms with Crippen molar-refractivity contribution in [3.63, 3.8) is 0 Å². The van der Waals surface area contributed by atoms with Crippen LogP contribution in [-0.4, -0.2) is 25.7 Å². The van der Waals surface area contributed by atoms with Crippen molar-refractivity contribution in [1.82, 2.24) is 19.7 Å². The molecule has 2 aromatic carbocycles. The molecule has 12 heteroatoms. The first-order valence-corrected chi connectivity index (χ1v) is 10.4. The van der Waals surface area contributed by atoms with Crippen LogP contribution in [0.25, 0.3) is 11.1 Å². The molecule has 0 spiro atoms. The maximum atomic E-state index is 14.7. The largest absolute Gasteiger partial charge is 0.417 e. The van der Waals surface area contributed by atoms with E-state index in [1.165, 1.54) is 47.4 Å². The number of alkyl halides is 3. The molecule has 0 saturated carbocycles. The summed E-state index contributed by atoms with van der Waals surface area (Å²) in [7, 11) is 1.71. The molecule has 0 saturated heterocycles. The number of rotatable bonds is 7. The number of hydrogen-bond donors (Lipinski definition) is 3. The molecule has 0 radical (unpaired) electrons. The second kappa shape index (κ2) is 9.86. The van der Waals surface area contributed by atoms with Gasteiger partial charge in [0.2, 0.25) is 11.9 Å². The third-order valence-electron chi connectivity index (χ3n) is 4.94. The highest BCUT2D eigenvalue weighted by atomic mass is 19.4. The molecular formula is C24H19F4N7O. The molecular weight excluding hydrogens is 478 g/mol. The van der Waals surface area contributed by atoms with E-state index >= 15 is 0 Å². The minimum absolute atomic E-state index is 0.0143. The first-order valence-electron chi connectivity index (χ1n) is 10.4. The number of nitrogens with one attached hydrogen (secondary N) is 3. The normalized spacial score (nSPS) is 11.1. The Morgan fingerprint density at radius 3 is 2.53 bits per heavy atom. The van der Waals surface area contributed by atoms with E-state index in [1.54, 1.807) is 13.2 Å².